The van der Waals surface area contributed by atoms with Crippen LogP contribution in [0.2, 0.25) is 0 Å². The summed E-state index contributed by atoms with van der Waals surface area (Å²) in [4.78, 5) is 0. The molecule has 2 nitrogen and oxygen atoms in total. The largest absolute Gasteiger partial charge is 0.494 e. The van der Waals surface area contributed by atoms with Gasteiger partial charge in [0.05, 0.1) is 6.61 Å². The first kappa shape index (κ1) is 21.5. The van der Waals surface area contributed by atoms with Crippen LogP contribution in [0.25, 0.3) is 0 Å². The number of hydrogen-bond donors (Lipinski definition) is 1. The van der Waals surface area contributed by atoms with E-state index >= 15 is 0 Å². The van der Waals surface area contributed by atoms with Crippen molar-refractivity contribution in [3.8, 4) is 5.75 Å². The molecule has 0 amide bonds. The van der Waals surface area contributed by atoms with Gasteiger partial charge in [-0.1, -0.05) is 83.9 Å². The monoisotopic (exact) mass is 367 g/mol. The van der Waals surface area contributed by atoms with E-state index in [-0.39, 0.29) is 5.41 Å². The van der Waals surface area contributed by atoms with Crippen LogP contribution in [-0.2, 0) is 12.0 Å². The van der Waals surface area contributed by atoms with Gasteiger partial charge in [-0.2, -0.15) is 0 Å². The maximum atomic E-state index is 5.82. The first-order valence-corrected chi connectivity index (χ1v) is 10.5. The van der Waals surface area contributed by atoms with Crippen LogP contribution in [0.5, 0.6) is 5.75 Å². The van der Waals surface area contributed by atoms with Crippen molar-refractivity contribution in [3.63, 3.8) is 0 Å². The summed E-state index contributed by atoms with van der Waals surface area (Å²) in [6, 6.07) is 17.9. The summed E-state index contributed by atoms with van der Waals surface area (Å²) in [6.45, 7) is 12.9. The van der Waals surface area contributed by atoms with Crippen molar-refractivity contribution >= 4 is 0 Å². The second-order valence-corrected chi connectivity index (χ2v) is 8.41. The molecule has 0 spiro atoms. The molecule has 2 rings (SSSR count). The van der Waals surface area contributed by atoms with Crippen molar-refractivity contribution in [1.29, 1.82) is 0 Å². The third-order valence-corrected chi connectivity index (χ3v) is 5.08. The lowest BCUT2D eigenvalue weighted by Crippen LogP contribution is -2.20. The van der Waals surface area contributed by atoms with E-state index < -0.39 is 0 Å². The maximum absolute atomic E-state index is 5.82. The summed E-state index contributed by atoms with van der Waals surface area (Å²) >= 11 is 0. The molecule has 0 heterocycles. The molecule has 2 aromatic carbocycles. The fourth-order valence-electron chi connectivity index (χ4n) is 3.20. The standard InChI is InChI=1S/C25H37NO/c1-6-8-9-18-27-23-16-12-21(13-17-23)24(7-2)26-19-20-10-14-22(15-11-20)25(3,4)5/h10-17,24,26H,6-9,18-19H2,1-5H3. The Labute approximate surface area is 166 Å². The Bertz CT molecular complexity index is 652. The molecule has 1 N–H and O–H groups in total. The van der Waals surface area contributed by atoms with E-state index in [9.17, 15) is 0 Å². The summed E-state index contributed by atoms with van der Waals surface area (Å²) < 4.78 is 5.82. The van der Waals surface area contributed by atoms with Gasteiger partial charge in [-0.25, -0.2) is 0 Å². The highest BCUT2D eigenvalue weighted by Crippen LogP contribution is 2.23. The Balaban J connectivity index is 1.89. The van der Waals surface area contributed by atoms with Gasteiger partial charge in [0.2, 0.25) is 0 Å². The molecule has 1 unspecified atom stereocenters. The summed E-state index contributed by atoms with van der Waals surface area (Å²) in [5.74, 6) is 0.975. The van der Waals surface area contributed by atoms with Crippen molar-refractivity contribution in [2.45, 2.75) is 78.3 Å². The van der Waals surface area contributed by atoms with Crippen LogP contribution in [0.3, 0.4) is 0 Å². The van der Waals surface area contributed by atoms with E-state index in [4.69, 9.17) is 4.74 Å². The minimum Gasteiger partial charge on any atom is -0.494 e. The lowest BCUT2D eigenvalue weighted by molar-refractivity contribution is 0.306. The van der Waals surface area contributed by atoms with Gasteiger partial charge in [-0.05, 0) is 47.1 Å². The Morgan fingerprint density at radius 1 is 0.889 bits per heavy atom. The zero-order valence-electron chi connectivity index (χ0n) is 17.8. The molecule has 0 saturated heterocycles. The summed E-state index contributed by atoms with van der Waals surface area (Å²) in [5, 5.41) is 3.70. The van der Waals surface area contributed by atoms with Crippen LogP contribution in [0.1, 0.15) is 83.0 Å². The van der Waals surface area contributed by atoms with Crippen molar-refractivity contribution in [2.24, 2.45) is 0 Å². The van der Waals surface area contributed by atoms with Crippen LogP contribution < -0.4 is 10.1 Å². The average molecular weight is 368 g/mol. The first-order chi connectivity index (χ1) is 12.9. The van der Waals surface area contributed by atoms with E-state index in [2.05, 4.69) is 88.5 Å². The molecule has 0 aromatic heterocycles. The zero-order valence-corrected chi connectivity index (χ0v) is 17.8. The van der Waals surface area contributed by atoms with Gasteiger partial charge in [-0.3, -0.25) is 0 Å². The van der Waals surface area contributed by atoms with Gasteiger partial charge in [0, 0.05) is 12.6 Å². The molecular weight excluding hydrogens is 330 g/mol. The summed E-state index contributed by atoms with van der Waals surface area (Å²) in [6.07, 6.45) is 4.66. The molecule has 0 aliphatic heterocycles. The summed E-state index contributed by atoms with van der Waals surface area (Å²) in [5.41, 5.74) is 4.24. The number of ether oxygens (including phenoxy) is 1. The molecule has 0 radical (unpaired) electrons. The van der Waals surface area contributed by atoms with E-state index in [1.54, 1.807) is 0 Å². The van der Waals surface area contributed by atoms with Gasteiger partial charge >= 0.3 is 0 Å². The molecule has 2 heteroatoms. The number of nitrogens with one attached hydrogen (secondary N) is 1. The Kier molecular flexibility index (Phi) is 8.37. The fraction of sp³-hybridized carbons (Fsp3) is 0.520. The van der Waals surface area contributed by atoms with Gasteiger partial charge < -0.3 is 10.1 Å². The van der Waals surface area contributed by atoms with Crippen molar-refractivity contribution in [1.82, 2.24) is 5.32 Å². The smallest absolute Gasteiger partial charge is 0.119 e. The molecule has 0 aliphatic rings. The predicted octanol–water partition coefficient (Wildman–Crippen LogP) is 6.79. The van der Waals surface area contributed by atoms with E-state index in [1.807, 2.05) is 0 Å². The molecule has 27 heavy (non-hydrogen) atoms. The fourth-order valence-corrected chi connectivity index (χ4v) is 3.20. The van der Waals surface area contributed by atoms with Gasteiger partial charge in [0.15, 0.2) is 0 Å². The molecular formula is C25H37NO. The highest BCUT2D eigenvalue weighted by molar-refractivity contribution is 5.30. The van der Waals surface area contributed by atoms with Crippen molar-refractivity contribution in [3.05, 3.63) is 65.2 Å². The molecule has 1 atom stereocenters. The first-order valence-electron chi connectivity index (χ1n) is 10.5. The predicted molar refractivity (Wildman–Crippen MR) is 116 cm³/mol. The Morgan fingerprint density at radius 3 is 2.11 bits per heavy atom. The van der Waals surface area contributed by atoms with Crippen LogP contribution in [-0.4, -0.2) is 6.61 Å². The highest BCUT2D eigenvalue weighted by Gasteiger charge is 2.13. The van der Waals surface area contributed by atoms with Crippen LogP contribution in [0.4, 0.5) is 0 Å². The third-order valence-electron chi connectivity index (χ3n) is 5.08. The third kappa shape index (κ3) is 7.03. The van der Waals surface area contributed by atoms with Crippen LogP contribution >= 0.6 is 0 Å². The second-order valence-electron chi connectivity index (χ2n) is 8.41. The second kappa shape index (κ2) is 10.5. The quantitative estimate of drug-likeness (QED) is 0.467. The summed E-state index contributed by atoms with van der Waals surface area (Å²) in [7, 11) is 0. The van der Waals surface area contributed by atoms with Crippen molar-refractivity contribution in [2.75, 3.05) is 6.61 Å². The Morgan fingerprint density at radius 2 is 1.56 bits per heavy atom. The Hall–Kier alpha value is -1.80. The van der Waals surface area contributed by atoms with E-state index in [1.165, 1.54) is 29.5 Å². The molecule has 0 bridgehead atoms. The average Bonchev–Trinajstić information content (AvgIpc) is 2.66. The SMILES string of the molecule is CCCCCOc1ccc(C(CC)NCc2ccc(C(C)(C)C)cc2)cc1. The number of benzene rings is 2. The molecule has 0 aliphatic carbocycles. The molecule has 0 saturated carbocycles. The van der Waals surface area contributed by atoms with E-state index in [0.717, 1.165) is 31.7 Å². The lowest BCUT2D eigenvalue weighted by atomic mass is 9.87. The van der Waals surface area contributed by atoms with Gasteiger partial charge in [0.25, 0.3) is 0 Å². The normalized spacial score (nSPS) is 12.8. The van der Waals surface area contributed by atoms with Gasteiger partial charge in [-0.15, -0.1) is 0 Å². The minimum absolute atomic E-state index is 0.207. The van der Waals surface area contributed by atoms with Gasteiger partial charge in [0.1, 0.15) is 5.75 Å². The maximum Gasteiger partial charge on any atom is 0.119 e. The minimum atomic E-state index is 0.207. The highest BCUT2D eigenvalue weighted by atomic mass is 16.5. The van der Waals surface area contributed by atoms with E-state index in [0.29, 0.717) is 6.04 Å². The molecule has 148 valence electrons. The number of unbranched alkanes of at least 4 members (excludes halogenated alkanes) is 2. The molecule has 0 fully saturated rings. The molecule has 2 aromatic rings. The van der Waals surface area contributed by atoms with Crippen molar-refractivity contribution < 1.29 is 4.74 Å². The van der Waals surface area contributed by atoms with Crippen LogP contribution in [0, 0.1) is 0 Å². The zero-order chi connectivity index (χ0) is 19.7. The van der Waals surface area contributed by atoms with Crippen LogP contribution in [0.15, 0.2) is 48.5 Å². The number of rotatable bonds is 10. The topological polar surface area (TPSA) is 21.3 Å². The number of hydrogen-bond acceptors (Lipinski definition) is 2. The lowest BCUT2D eigenvalue weighted by Gasteiger charge is -2.20.